The molecule has 2 heterocycles. The Balaban J connectivity index is 1.61. The van der Waals surface area contributed by atoms with Crippen LogP contribution in [-0.2, 0) is 13.0 Å². The Morgan fingerprint density at radius 2 is 2.04 bits per heavy atom. The van der Waals surface area contributed by atoms with Gasteiger partial charge in [0.2, 0.25) is 0 Å². The summed E-state index contributed by atoms with van der Waals surface area (Å²) >= 11 is 14.5. The van der Waals surface area contributed by atoms with Crippen LogP contribution in [0.1, 0.15) is 18.4 Å². The van der Waals surface area contributed by atoms with E-state index in [0.717, 1.165) is 23.3 Å². The van der Waals surface area contributed by atoms with Crippen molar-refractivity contribution in [3.05, 3.63) is 58.7 Å². The zero-order valence-electron chi connectivity index (χ0n) is 13.4. The van der Waals surface area contributed by atoms with Gasteiger partial charge in [-0.05, 0) is 35.9 Å². The van der Waals surface area contributed by atoms with Crippen LogP contribution in [0.25, 0.3) is 10.7 Å². The van der Waals surface area contributed by atoms with E-state index in [1.165, 1.54) is 0 Å². The van der Waals surface area contributed by atoms with Crippen LogP contribution in [0.3, 0.4) is 0 Å². The molecule has 2 aromatic heterocycles. The van der Waals surface area contributed by atoms with Crippen LogP contribution in [0, 0.1) is 0 Å². The molecule has 0 amide bonds. The van der Waals surface area contributed by atoms with Gasteiger partial charge in [-0.15, -0.1) is 28.0 Å². The minimum atomic E-state index is -1.14. The molecule has 0 bridgehead atoms. The predicted octanol–water partition coefficient (Wildman–Crippen LogP) is 4.41. The van der Waals surface area contributed by atoms with Gasteiger partial charge in [0, 0.05) is 11.4 Å². The molecule has 4 nitrogen and oxygen atoms in total. The number of thiophene rings is 1. The second-order valence-corrected chi connectivity index (χ2v) is 8.59. The van der Waals surface area contributed by atoms with E-state index in [9.17, 15) is 5.11 Å². The molecule has 1 N–H and O–H groups in total. The maximum atomic E-state index is 11.4. The molecule has 25 heavy (non-hydrogen) atoms. The van der Waals surface area contributed by atoms with Gasteiger partial charge in [-0.25, -0.2) is 9.67 Å². The van der Waals surface area contributed by atoms with Crippen molar-refractivity contribution in [2.75, 3.05) is 0 Å². The van der Waals surface area contributed by atoms with E-state index in [4.69, 9.17) is 23.2 Å². The molecule has 0 spiro atoms. The third-order valence-electron chi connectivity index (χ3n) is 4.67. The van der Waals surface area contributed by atoms with E-state index >= 15 is 0 Å². The fourth-order valence-electron chi connectivity index (χ4n) is 3.05. The average Bonchev–Trinajstić information content (AvgIpc) is 3.02. The average molecular weight is 394 g/mol. The minimum absolute atomic E-state index is 0.278. The molecule has 1 atom stereocenters. The molecule has 4 rings (SSSR count). The summed E-state index contributed by atoms with van der Waals surface area (Å²) in [6.07, 6.45) is 3.59. The quantitative estimate of drug-likeness (QED) is 0.631. The number of benzene rings is 1. The van der Waals surface area contributed by atoms with Gasteiger partial charge < -0.3 is 5.11 Å². The van der Waals surface area contributed by atoms with E-state index in [0.29, 0.717) is 17.3 Å². The van der Waals surface area contributed by atoms with Gasteiger partial charge in [0.1, 0.15) is 11.9 Å². The van der Waals surface area contributed by atoms with Crippen molar-refractivity contribution in [3.8, 4) is 10.7 Å². The topological polar surface area (TPSA) is 50.9 Å². The van der Waals surface area contributed by atoms with Crippen LogP contribution < -0.4 is 0 Å². The lowest BCUT2D eigenvalue weighted by atomic mass is 9.89. The Bertz CT molecular complexity index is 876. The third-order valence-corrected chi connectivity index (χ3v) is 6.63. The van der Waals surface area contributed by atoms with Crippen molar-refractivity contribution in [1.82, 2.24) is 14.8 Å². The molecule has 3 aromatic rings. The number of aliphatic hydroxyl groups is 1. The Morgan fingerprint density at radius 1 is 1.24 bits per heavy atom. The Hall–Kier alpha value is -1.40. The first kappa shape index (κ1) is 17.0. The molecule has 0 saturated heterocycles. The third kappa shape index (κ3) is 3.34. The van der Waals surface area contributed by atoms with Crippen LogP contribution in [0.4, 0.5) is 0 Å². The van der Waals surface area contributed by atoms with E-state index < -0.39 is 10.5 Å². The standard InChI is InChI=1S/C18H17Cl2N3OS/c19-14-5-2-1-4-13(14)10-18(24,17(20)7-8-17)11-23-12-21-16(22-23)15-6-3-9-25-15/h1-6,9,12,24H,7-8,10-11H2. The molecule has 0 radical (unpaired) electrons. The molecule has 1 fully saturated rings. The smallest absolute Gasteiger partial charge is 0.191 e. The van der Waals surface area contributed by atoms with Crippen molar-refractivity contribution < 1.29 is 5.11 Å². The number of hydrogen-bond acceptors (Lipinski definition) is 4. The number of alkyl halides is 1. The first-order valence-electron chi connectivity index (χ1n) is 8.07. The van der Waals surface area contributed by atoms with Crippen molar-refractivity contribution in [2.24, 2.45) is 0 Å². The number of hydrogen-bond donors (Lipinski definition) is 1. The van der Waals surface area contributed by atoms with Gasteiger partial charge in [0.25, 0.3) is 0 Å². The highest BCUT2D eigenvalue weighted by atomic mass is 35.5. The lowest BCUT2D eigenvalue weighted by molar-refractivity contribution is 0.00771. The lowest BCUT2D eigenvalue weighted by Gasteiger charge is -2.33. The summed E-state index contributed by atoms with van der Waals surface area (Å²) in [5.74, 6) is 0.662. The molecule has 130 valence electrons. The lowest BCUT2D eigenvalue weighted by Crippen LogP contribution is -2.47. The zero-order chi connectivity index (χ0) is 17.5. The van der Waals surface area contributed by atoms with Crippen molar-refractivity contribution in [3.63, 3.8) is 0 Å². The summed E-state index contributed by atoms with van der Waals surface area (Å²) in [7, 11) is 0. The summed E-state index contributed by atoms with van der Waals surface area (Å²) in [5.41, 5.74) is -0.253. The molecule has 0 aliphatic heterocycles. The van der Waals surface area contributed by atoms with E-state index in [1.54, 1.807) is 22.3 Å². The Kier molecular flexibility index (Phi) is 4.36. The fraction of sp³-hybridized carbons (Fsp3) is 0.333. The fourth-order valence-corrected chi connectivity index (χ4v) is 4.13. The van der Waals surface area contributed by atoms with Crippen molar-refractivity contribution >= 4 is 34.5 Å². The first-order valence-corrected chi connectivity index (χ1v) is 9.71. The number of rotatable bonds is 6. The second-order valence-electron chi connectivity index (χ2n) is 6.51. The minimum Gasteiger partial charge on any atom is -0.386 e. The normalized spacial score (nSPS) is 18.0. The van der Waals surface area contributed by atoms with Gasteiger partial charge >= 0.3 is 0 Å². The molecular weight excluding hydrogens is 377 g/mol. The van der Waals surface area contributed by atoms with Gasteiger partial charge in [-0.1, -0.05) is 35.9 Å². The van der Waals surface area contributed by atoms with Crippen LogP contribution in [0.2, 0.25) is 5.02 Å². The summed E-state index contributed by atoms with van der Waals surface area (Å²) in [5, 5.41) is 18.5. The molecule has 1 aliphatic rings. The van der Waals surface area contributed by atoms with Gasteiger partial charge in [0.15, 0.2) is 5.82 Å². The van der Waals surface area contributed by atoms with Gasteiger partial charge in [-0.3, -0.25) is 0 Å². The van der Waals surface area contributed by atoms with Crippen LogP contribution in [0.15, 0.2) is 48.1 Å². The number of nitrogens with zero attached hydrogens (tertiary/aromatic N) is 3. The highest BCUT2D eigenvalue weighted by Crippen LogP contribution is 2.53. The monoisotopic (exact) mass is 393 g/mol. The molecule has 7 heteroatoms. The zero-order valence-corrected chi connectivity index (χ0v) is 15.7. The van der Waals surface area contributed by atoms with Crippen LogP contribution >= 0.6 is 34.5 Å². The van der Waals surface area contributed by atoms with Crippen LogP contribution in [-0.4, -0.2) is 30.3 Å². The summed E-state index contributed by atoms with van der Waals surface area (Å²) in [6, 6.07) is 11.5. The van der Waals surface area contributed by atoms with Gasteiger partial charge in [-0.2, -0.15) is 0 Å². The summed E-state index contributed by atoms with van der Waals surface area (Å²) < 4.78 is 1.67. The van der Waals surface area contributed by atoms with E-state index in [-0.39, 0.29) is 6.54 Å². The highest BCUT2D eigenvalue weighted by molar-refractivity contribution is 7.13. The predicted molar refractivity (Wildman–Crippen MR) is 101 cm³/mol. The van der Waals surface area contributed by atoms with E-state index in [2.05, 4.69) is 10.1 Å². The van der Waals surface area contributed by atoms with Gasteiger partial charge in [0.05, 0.1) is 16.3 Å². The molecular formula is C18H17Cl2N3OS. The number of halogens is 2. The maximum Gasteiger partial charge on any atom is 0.191 e. The second kappa shape index (κ2) is 6.40. The molecule has 1 saturated carbocycles. The van der Waals surface area contributed by atoms with E-state index in [1.807, 2.05) is 41.8 Å². The summed E-state index contributed by atoms with van der Waals surface area (Å²) in [4.78, 5) is 4.71. The molecule has 1 unspecified atom stereocenters. The maximum absolute atomic E-state index is 11.4. The summed E-state index contributed by atoms with van der Waals surface area (Å²) in [6.45, 7) is 0.278. The van der Waals surface area contributed by atoms with Crippen molar-refractivity contribution in [2.45, 2.75) is 36.3 Å². The Labute approximate surface area is 160 Å². The largest absolute Gasteiger partial charge is 0.386 e. The Morgan fingerprint density at radius 3 is 2.72 bits per heavy atom. The number of aromatic nitrogens is 3. The molecule has 1 aromatic carbocycles. The van der Waals surface area contributed by atoms with Crippen LogP contribution in [0.5, 0.6) is 0 Å². The first-order chi connectivity index (χ1) is 12.0. The molecule has 1 aliphatic carbocycles. The van der Waals surface area contributed by atoms with Crippen molar-refractivity contribution in [1.29, 1.82) is 0 Å². The highest BCUT2D eigenvalue weighted by Gasteiger charge is 2.58. The SMILES string of the molecule is OC(Cc1ccccc1Cl)(Cn1cnc(-c2cccs2)n1)C1(Cl)CC1.